The van der Waals surface area contributed by atoms with Crippen molar-refractivity contribution < 1.29 is 19.1 Å². The second-order valence-corrected chi connectivity index (χ2v) is 8.24. The van der Waals surface area contributed by atoms with E-state index in [-0.39, 0.29) is 24.7 Å². The van der Waals surface area contributed by atoms with Gasteiger partial charge in [0.1, 0.15) is 11.5 Å². The Hall–Kier alpha value is -4.58. The lowest BCUT2D eigenvalue weighted by atomic mass is 10.0. The van der Waals surface area contributed by atoms with Crippen LogP contribution in [0.1, 0.15) is 11.1 Å². The van der Waals surface area contributed by atoms with Crippen molar-refractivity contribution in [3.8, 4) is 22.6 Å². The molecule has 0 aliphatic rings. The molecule has 2 N–H and O–H groups in total. The first kappa shape index (κ1) is 24.5. The summed E-state index contributed by atoms with van der Waals surface area (Å²) in [5.41, 5.74) is 4.76. The van der Waals surface area contributed by atoms with Crippen molar-refractivity contribution >= 4 is 23.2 Å². The van der Waals surface area contributed by atoms with Gasteiger partial charge >= 0.3 is 0 Å². The number of ether oxygens (including phenoxy) is 2. The normalized spacial score (nSPS) is 10.4. The van der Waals surface area contributed by atoms with Gasteiger partial charge in [-0.05, 0) is 47.5 Å². The summed E-state index contributed by atoms with van der Waals surface area (Å²) in [6, 6.07) is 30.0. The highest BCUT2D eigenvalue weighted by Crippen LogP contribution is 2.33. The van der Waals surface area contributed by atoms with Crippen LogP contribution in [0, 0.1) is 0 Å². The Labute approximate surface area is 210 Å². The van der Waals surface area contributed by atoms with E-state index in [0.29, 0.717) is 11.4 Å². The Kier molecular flexibility index (Phi) is 7.98. The molecule has 0 saturated carbocycles. The van der Waals surface area contributed by atoms with Crippen LogP contribution in [0.3, 0.4) is 0 Å². The van der Waals surface area contributed by atoms with Crippen molar-refractivity contribution in [1.82, 2.24) is 0 Å². The lowest BCUT2D eigenvalue weighted by Gasteiger charge is -2.16. The number of anilines is 2. The third kappa shape index (κ3) is 6.30. The smallest absolute Gasteiger partial charge is 0.228 e. The van der Waals surface area contributed by atoms with Crippen LogP contribution in [0.15, 0.2) is 97.1 Å². The van der Waals surface area contributed by atoms with Crippen LogP contribution in [0.25, 0.3) is 11.1 Å². The number of benzene rings is 4. The fourth-order valence-electron chi connectivity index (χ4n) is 3.90. The maximum Gasteiger partial charge on any atom is 0.228 e. The second-order valence-electron chi connectivity index (χ2n) is 8.24. The van der Waals surface area contributed by atoms with Crippen LogP contribution >= 0.6 is 0 Å². The van der Waals surface area contributed by atoms with E-state index in [9.17, 15) is 9.59 Å². The van der Waals surface area contributed by atoms with Gasteiger partial charge < -0.3 is 20.1 Å². The van der Waals surface area contributed by atoms with Gasteiger partial charge in [-0.3, -0.25) is 9.59 Å². The largest absolute Gasteiger partial charge is 0.497 e. The number of carbonyl (C=O) groups excluding carboxylic acids is 2. The molecule has 182 valence electrons. The van der Waals surface area contributed by atoms with E-state index in [2.05, 4.69) is 10.6 Å². The highest BCUT2D eigenvalue weighted by molar-refractivity contribution is 6.01. The molecule has 6 nitrogen and oxygen atoms in total. The van der Waals surface area contributed by atoms with Crippen LogP contribution in [-0.4, -0.2) is 26.0 Å². The van der Waals surface area contributed by atoms with Gasteiger partial charge in [-0.15, -0.1) is 0 Å². The fraction of sp³-hybridized carbons (Fsp3) is 0.133. The predicted octanol–water partition coefficient (Wildman–Crippen LogP) is 5.73. The molecule has 0 aliphatic heterocycles. The van der Waals surface area contributed by atoms with E-state index < -0.39 is 0 Å². The number of amides is 2. The van der Waals surface area contributed by atoms with Gasteiger partial charge in [-0.2, -0.15) is 0 Å². The molecule has 36 heavy (non-hydrogen) atoms. The summed E-state index contributed by atoms with van der Waals surface area (Å²) in [6.45, 7) is 0. The molecule has 4 aromatic carbocycles. The van der Waals surface area contributed by atoms with Crippen LogP contribution in [0.4, 0.5) is 11.4 Å². The maximum absolute atomic E-state index is 12.8. The van der Waals surface area contributed by atoms with Crippen molar-refractivity contribution in [3.05, 3.63) is 108 Å². The van der Waals surface area contributed by atoms with Gasteiger partial charge in [-0.25, -0.2) is 0 Å². The standard InChI is InChI=1S/C30H28N2O4/c1-35-23-15-11-21(12-16-23)19-29(33)31-27-9-5-3-7-25(27)26-8-4-6-10-28(26)32-30(34)20-22-13-17-24(36-2)18-14-22/h3-18H,19-20H2,1-2H3,(H,31,33)(H,32,34). The molecule has 4 aromatic rings. The minimum atomic E-state index is -0.131. The molecule has 0 atom stereocenters. The molecule has 0 saturated heterocycles. The third-order valence-corrected chi connectivity index (χ3v) is 5.74. The molecule has 2 amide bonds. The number of hydrogen-bond donors (Lipinski definition) is 2. The summed E-state index contributed by atoms with van der Waals surface area (Å²) in [5.74, 6) is 1.23. The molecule has 0 unspecified atom stereocenters. The molecular formula is C30H28N2O4. The summed E-state index contributed by atoms with van der Waals surface area (Å²) >= 11 is 0. The van der Waals surface area contributed by atoms with Gasteiger partial charge in [-0.1, -0.05) is 60.7 Å². The number of para-hydroxylation sites is 2. The zero-order valence-corrected chi connectivity index (χ0v) is 20.3. The van der Waals surface area contributed by atoms with E-state index in [0.717, 1.165) is 33.8 Å². The first-order chi connectivity index (χ1) is 17.6. The van der Waals surface area contributed by atoms with Crippen molar-refractivity contribution in [1.29, 1.82) is 0 Å². The monoisotopic (exact) mass is 480 g/mol. The molecule has 0 radical (unpaired) electrons. The lowest BCUT2D eigenvalue weighted by Crippen LogP contribution is -2.16. The van der Waals surface area contributed by atoms with Crippen molar-refractivity contribution in [2.24, 2.45) is 0 Å². The summed E-state index contributed by atoms with van der Waals surface area (Å²) in [4.78, 5) is 25.6. The molecule has 0 heterocycles. The van der Waals surface area contributed by atoms with Crippen LogP contribution in [-0.2, 0) is 22.4 Å². The zero-order valence-electron chi connectivity index (χ0n) is 20.3. The van der Waals surface area contributed by atoms with E-state index in [1.54, 1.807) is 14.2 Å². The Morgan fingerprint density at radius 1 is 0.556 bits per heavy atom. The van der Waals surface area contributed by atoms with Crippen LogP contribution in [0.2, 0.25) is 0 Å². The van der Waals surface area contributed by atoms with Crippen LogP contribution in [0.5, 0.6) is 11.5 Å². The Balaban J connectivity index is 1.49. The zero-order chi connectivity index (χ0) is 25.3. The summed E-state index contributed by atoms with van der Waals surface area (Å²) in [6.07, 6.45) is 0.469. The topological polar surface area (TPSA) is 76.7 Å². The Bertz CT molecular complexity index is 1230. The molecule has 0 bridgehead atoms. The molecule has 4 rings (SSSR count). The maximum atomic E-state index is 12.8. The van der Waals surface area contributed by atoms with Crippen molar-refractivity contribution in [2.45, 2.75) is 12.8 Å². The minimum absolute atomic E-state index is 0.131. The number of methoxy groups -OCH3 is 2. The molecule has 0 aromatic heterocycles. The number of hydrogen-bond acceptors (Lipinski definition) is 4. The highest BCUT2D eigenvalue weighted by Gasteiger charge is 2.14. The fourth-order valence-corrected chi connectivity index (χ4v) is 3.90. The number of carbonyl (C=O) groups is 2. The molecular weight excluding hydrogens is 452 g/mol. The van der Waals surface area contributed by atoms with Gasteiger partial charge in [0.15, 0.2) is 0 Å². The second kappa shape index (κ2) is 11.7. The predicted molar refractivity (Wildman–Crippen MR) is 143 cm³/mol. The van der Waals surface area contributed by atoms with Crippen LogP contribution < -0.4 is 20.1 Å². The third-order valence-electron chi connectivity index (χ3n) is 5.74. The van der Waals surface area contributed by atoms with Crippen molar-refractivity contribution in [3.63, 3.8) is 0 Å². The Morgan fingerprint density at radius 3 is 1.28 bits per heavy atom. The SMILES string of the molecule is COc1ccc(CC(=O)Nc2ccccc2-c2ccccc2NC(=O)Cc2ccc(OC)cc2)cc1. The van der Waals surface area contributed by atoms with Gasteiger partial charge in [0.2, 0.25) is 11.8 Å². The van der Waals surface area contributed by atoms with E-state index >= 15 is 0 Å². The van der Waals surface area contributed by atoms with Crippen molar-refractivity contribution in [2.75, 3.05) is 24.9 Å². The average molecular weight is 481 g/mol. The molecule has 0 spiro atoms. The Morgan fingerprint density at radius 2 is 0.917 bits per heavy atom. The lowest BCUT2D eigenvalue weighted by molar-refractivity contribution is -0.116. The summed E-state index contributed by atoms with van der Waals surface area (Å²) < 4.78 is 10.4. The first-order valence-corrected chi connectivity index (χ1v) is 11.6. The number of nitrogens with one attached hydrogen (secondary N) is 2. The van der Waals surface area contributed by atoms with E-state index in [1.807, 2.05) is 97.1 Å². The average Bonchev–Trinajstić information content (AvgIpc) is 2.90. The quantitative estimate of drug-likeness (QED) is 0.321. The molecule has 6 heteroatoms. The molecule has 0 aliphatic carbocycles. The van der Waals surface area contributed by atoms with Gasteiger partial charge in [0, 0.05) is 22.5 Å². The van der Waals surface area contributed by atoms with Gasteiger partial charge in [0.25, 0.3) is 0 Å². The van der Waals surface area contributed by atoms with E-state index in [4.69, 9.17) is 9.47 Å². The first-order valence-electron chi connectivity index (χ1n) is 11.6. The van der Waals surface area contributed by atoms with E-state index in [1.165, 1.54) is 0 Å². The summed E-state index contributed by atoms with van der Waals surface area (Å²) in [5, 5.41) is 6.05. The van der Waals surface area contributed by atoms with Gasteiger partial charge in [0.05, 0.1) is 27.1 Å². The summed E-state index contributed by atoms with van der Waals surface area (Å²) in [7, 11) is 3.22. The molecule has 0 fully saturated rings. The highest BCUT2D eigenvalue weighted by atomic mass is 16.5. The minimum Gasteiger partial charge on any atom is -0.497 e. The number of rotatable bonds is 9.